The van der Waals surface area contributed by atoms with Crippen LogP contribution in [0.15, 0.2) is 30.6 Å². The van der Waals surface area contributed by atoms with Crippen molar-refractivity contribution in [1.29, 1.82) is 0 Å². The molecule has 0 spiro atoms. The van der Waals surface area contributed by atoms with Crippen molar-refractivity contribution in [3.05, 3.63) is 58.1 Å². The fourth-order valence-corrected chi connectivity index (χ4v) is 3.53. The van der Waals surface area contributed by atoms with Gasteiger partial charge in [-0.1, -0.05) is 31.9 Å². The van der Waals surface area contributed by atoms with Crippen LogP contribution in [-0.4, -0.2) is 46.1 Å². The quantitative estimate of drug-likeness (QED) is 0.364. The molecule has 2 aromatic heterocycles. The molecule has 1 aliphatic rings. The Kier molecular flexibility index (Phi) is 9.91. The fraction of sp³-hybridized carbons (Fsp3) is 0.524. The molecule has 2 aromatic rings. The first-order valence-corrected chi connectivity index (χ1v) is 10.6. The molecular weight excluding hydrogens is 467 g/mol. The molecule has 3 rings (SSSR count). The number of rotatable bonds is 11. The Balaban J connectivity index is 0.00000341. The molecule has 0 bridgehead atoms. The van der Waals surface area contributed by atoms with Crippen molar-refractivity contribution in [2.45, 2.75) is 44.9 Å². The van der Waals surface area contributed by atoms with E-state index in [0.29, 0.717) is 35.0 Å². The Morgan fingerprint density at radius 2 is 2.16 bits per heavy atom. The molecule has 0 aromatic carbocycles. The molecule has 2 atom stereocenters. The maximum atomic E-state index is 13.2. The first-order valence-electron chi connectivity index (χ1n) is 10.3. The van der Waals surface area contributed by atoms with E-state index in [1.54, 1.807) is 10.9 Å². The molecule has 174 valence electrons. The van der Waals surface area contributed by atoms with E-state index in [1.807, 2.05) is 13.0 Å². The van der Waals surface area contributed by atoms with Gasteiger partial charge in [-0.25, -0.2) is 9.07 Å². The summed E-state index contributed by atoms with van der Waals surface area (Å²) in [7, 11) is 0. The first kappa shape index (κ1) is 25.8. The van der Waals surface area contributed by atoms with E-state index in [4.69, 9.17) is 16.3 Å². The number of fused-ring (bicyclic) bond motifs is 1. The van der Waals surface area contributed by atoms with Crippen molar-refractivity contribution in [2.24, 2.45) is 0 Å². The number of aromatic nitrogens is 3. The van der Waals surface area contributed by atoms with Gasteiger partial charge in [0.15, 0.2) is 0 Å². The second-order valence-electron chi connectivity index (χ2n) is 7.27. The van der Waals surface area contributed by atoms with E-state index in [-0.39, 0.29) is 29.3 Å². The number of ether oxygens (including phenoxy) is 1. The molecule has 31 heavy (non-hydrogen) atoms. The molecular formula is C21H28ClFN5NiO2-. The molecule has 1 aliphatic heterocycles. The van der Waals surface area contributed by atoms with E-state index < -0.39 is 11.4 Å². The number of pyridine rings is 1. The first-order chi connectivity index (χ1) is 14.5. The van der Waals surface area contributed by atoms with Gasteiger partial charge in [-0.15, -0.1) is 13.1 Å². The van der Waals surface area contributed by atoms with Crippen molar-refractivity contribution in [3.8, 4) is 0 Å². The van der Waals surface area contributed by atoms with Gasteiger partial charge in [-0.2, -0.15) is 5.10 Å². The number of hydrogen-bond acceptors (Lipinski definition) is 5. The Morgan fingerprint density at radius 1 is 1.35 bits per heavy atom. The fourth-order valence-electron chi connectivity index (χ4n) is 3.31. The van der Waals surface area contributed by atoms with Crippen molar-refractivity contribution >= 4 is 17.4 Å². The van der Waals surface area contributed by atoms with Gasteiger partial charge in [0.2, 0.25) is 0 Å². The summed E-state index contributed by atoms with van der Waals surface area (Å²) in [6.45, 7) is 6.25. The van der Waals surface area contributed by atoms with Crippen molar-refractivity contribution in [1.82, 2.24) is 20.1 Å². The summed E-state index contributed by atoms with van der Waals surface area (Å²) < 4.78 is 21.0. The summed E-state index contributed by atoms with van der Waals surface area (Å²) in [5, 5.41) is 23.7. The minimum atomic E-state index is -1.35. The van der Waals surface area contributed by atoms with E-state index in [0.717, 1.165) is 32.3 Å². The van der Waals surface area contributed by atoms with Crippen LogP contribution in [0.4, 0.5) is 4.39 Å². The average Bonchev–Trinajstić information content (AvgIpc) is 3.15. The molecule has 2 N–H and O–H groups in total. The SMILES string of the molecule is CCC[N-]CCNC1CC=C(OCC(O)(CC)c2ccc(F)cn2)c2c(Cl)cnn21.[Ni]. The summed E-state index contributed by atoms with van der Waals surface area (Å²) in [5.74, 6) is 0.102. The largest absolute Gasteiger partial charge is 0.661 e. The number of halogens is 2. The van der Waals surface area contributed by atoms with Crippen LogP contribution in [0, 0.1) is 5.82 Å². The third-order valence-electron chi connectivity index (χ3n) is 5.09. The van der Waals surface area contributed by atoms with Gasteiger partial charge in [0.25, 0.3) is 0 Å². The normalized spacial score (nSPS) is 17.3. The molecule has 7 nitrogen and oxygen atoms in total. The molecule has 3 heterocycles. The molecule has 2 unspecified atom stereocenters. The zero-order valence-electron chi connectivity index (χ0n) is 17.6. The zero-order valence-corrected chi connectivity index (χ0v) is 19.4. The van der Waals surface area contributed by atoms with Gasteiger partial charge in [0, 0.05) is 22.9 Å². The summed E-state index contributed by atoms with van der Waals surface area (Å²) in [4.78, 5) is 4.02. The third-order valence-corrected chi connectivity index (χ3v) is 5.37. The monoisotopic (exact) mass is 494 g/mol. The number of aliphatic hydroxyl groups is 1. The second kappa shape index (κ2) is 11.9. The van der Waals surface area contributed by atoms with Gasteiger partial charge in [0.05, 0.1) is 23.1 Å². The van der Waals surface area contributed by atoms with Gasteiger partial charge >= 0.3 is 0 Å². The smallest absolute Gasteiger partial charge is 0.142 e. The second-order valence-corrected chi connectivity index (χ2v) is 7.67. The number of nitrogens with zero attached hydrogens (tertiary/aromatic N) is 4. The molecule has 0 radical (unpaired) electrons. The van der Waals surface area contributed by atoms with Gasteiger partial charge in [-0.3, -0.25) is 10.3 Å². The van der Waals surface area contributed by atoms with Gasteiger partial charge in [0.1, 0.15) is 35.6 Å². The Labute approximate surface area is 197 Å². The Hall–Kier alpha value is -1.51. The maximum Gasteiger partial charge on any atom is 0.142 e. The van der Waals surface area contributed by atoms with Crippen molar-refractivity contribution in [3.63, 3.8) is 0 Å². The van der Waals surface area contributed by atoms with Crippen molar-refractivity contribution in [2.75, 3.05) is 26.2 Å². The molecule has 0 saturated carbocycles. The standard InChI is InChI=1S/C21H28ClFN5O2.Ni/c1-3-9-24-10-11-25-19-8-6-17(20-16(22)13-27-28(19)20)30-14-21(29,4-2)18-7-5-15(23)12-26-18;/h5-7,12-13,19,25,29H,3-4,8-11,14H2,1-2H3;/q-1;. The average molecular weight is 496 g/mol. The van der Waals surface area contributed by atoms with Crippen LogP contribution in [0.5, 0.6) is 0 Å². The van der Waals surface area contributed by atoms with Crippen LogP contribution in [0.25, 0.3) is 11.1 Å². The molecule has 0 aliphatic carbocycles. The van der Waals surface area contributed by atoms with E-state index in [1.165, 1.54) is 12.1 Å². The maximum absolute atomic E-state index is 13.2. The predicted octanol–water partition coefficient (Wildman–Crippen LogP) is 4.00. The zero-order chi connectivity index (χ0) is 21.6. The number of hydrogen-bond donors (Lipinski definition) is 2. The number of nitrogens with one attached hydrogen (secondary N) is 1. The third kappa shape index (κ3) is 6.27. The van der Waals surface area contributed by atoms with Crippen LogP contribution in [0.3, 0.4) is 0 Å². The Bertz CT molecular complexity index is 864. The van der Waals surface area contributed by atoms with Crippen molar-refractivity contribution < 1.29 is 30.7 Å². The summed E-state index contributed by atoms with van der Waals surface area (Å²) in [6.07, 6.45) is 6.64. The summed E-state index contributed by atoms with van der Waals surface area (Å²) >= 11 is 6.37. The predicted molar refractivity (Wildman–Crippen MR) is 115 cm³/mol. The van der Waals surface area contributed by atoms with Crippen LogP contribution < -0.4 is 5.32 Å². The topological polar surface area (TPSA) is 86.3 Å². The molecule has 10 heteroatoms. The summed E-state index contributed by atoms with van der Waals surface area (Å²) in [5.41, 5.74) is -0.323. The van der Waals surface area contributed by atoms with Gasteiger partial charge < -0.3 is 15.2 Å². The minimum absolute atomic E-state index is 0. The summed E-state index contributed by atoms with van der Waals surface area (Å²) in [6, 6.07) is 2.75. The van der Waals surface area contributed by atoms with Crippen LogP contribution in [0.1, 0.15) is 50.7 Å². The van der Waals surface area contributed by atoms with Crippen LogP contribution in [-0.2, 0) is 26.8 Å². The molecule has 0 amide bonds. The molecule has 0 fully saturated rings. The van der Waals surface area contributed by atoms with Crippen LogP contribution >= 0.6 is 11.6 Å². The Morgan fingerprint density at radius 3 is 2.84 bits per heavy atom. The van der Waals surface area contributed by atoms with E-state index >= 15 is 0 Å². The van der Waals surface area contributed by atoms with E-state index in [2.05, 4.69) is 27.6 Å². The van der Waals surface area contributed by atoms with Crippen LogP contribution in [0.2, 0.25) is 5.02 Å². The van der Waals surface area contributed by atoms with Gasteiger partial charge in [-0.05, 0) is 31.2 Å². The molecule has 0 saturated heterocycles. The van der Waals surface area contributed by atoms with E-state index in [9.17, 15) is 9.50 Å². The minimum Gasteiger partial charge on any atom is -0.661 e.